The topological polar surface area (TPSA) is 38.0 Å². The van der Waals surface area contributed by atoms with Gasteiger partial charge in [0.1, 0.15) is 0 Å². The monoisotopic (exact) mass is 254 g/mol. The van der Waals surface area contributed by atoms with Crippen LogP contribution in [-0.2, 0) is 6.42 Å². The summed E-state index contributed by atoms with van der Waals surface area (Å²) in [7, 11) is 0. The van der Waals surface area contributed by atoms with E-state index in [0.717, 1.165) is 29.8 Å². The van der Waals surface area contributed by atoms with Crippen molar-refractivity contribution in [1.29, 1.82) is 0 Å². The molecule has 0 aliphatic carbocycles. The summed E-state index contributed by atoms with van der Waals surface area (Å²) in [5.74, 6) is 0. The van der Waals surface area contributed by atoms with Crippen LogP contribution in [0.5, 0.6) is 0 Å². The standard InChI is InChI=1S/C17H22N2/c1-13(11-12-15-7-4-3-5-8-15)19-17-10-6-9-16(18)14(17)2/h3-10,13,19H,11-12,18H2,1-2H3. The van der Waals surface area contributed by atoms with Crippen molar-refractivity contribution in [1.82, 2.24) is 0 Å². The third kappa shape index (κ3) is 3.75. The van der Waals surface area contributed by atoms with Gasteiger partial charge in [0.2, 0.25) is 0 Å². The first-order valence-electron chi connectivity index (χ1n) is 6.82. The molecule has 0 aliphatic rings. The van der Waals surface area contributed by atoms with Crippen LogP contribution in [0.4, 0.5) is 11.4 Å². The number of aryl methyl sites for hydroxylation is 1. The van der Waals surface area contributed by atoms with Crippen LogP contribution in [0.3, 0.4) is 0 Å². The Morgan fingerprint density at radius 2 is 1.79 bits per heavy atom. The Morgan fingerprint density at radius 1 is 1.05 bits per heavy atom. The van der Waals surface area contributed by atoms with E-state index in [4.69, 9.17) is 5.73 Å². The van der Waals surface area contributed by atoms with Crippen molar-refractivity contribution >= 4 is 11.4 Å². The number of nitrogens with one attached hydrogen (secondary N) is 1. The van der Waals surface area contributed by atoms with Crippen molar-refractivity contribution in [2.75, 3.05) is 11.1 Å². The molecule has 1 unspecified atom stereocenters. The first-order valence-corrected chi connectivity index (χ1v) is 6.82. The normalized spacial score (nSPS) is 12.1. The summed E-state index contributed by atoms with van der Waals surface area (Å²) in [4.78, 5) is 0. The summed E-state index contributed by atoms with van der Waals surface area (Å²) in [6.45, 7) is 4.27. The molecule has 0 aliphatic heterocycles. The average molecular weight is 254 g/mol. The maximum Gasteiger partial charge on any atom is 0.0392 e. The van der Waals surface area contributed by atoms with Gasteiger partial charge in [-0.1, -0.05) is 36.4 Å². The van der Waals surface area contributed by atoms with E-state index in [1.165, 1.54) is 5.56 Å². The zero-order valence-corrected chi connectivity index (χ0v) is 11.7. The number of nitrogen functional groups attached to an aromatic ring is 1. The fourth-order valence-electron chi connectivity index (χ4n) is 2.18. The quantitative estimate of drug-likeness (QED) is 0.791. The molecule has 0 amide bonds. The lowest BCUT2D eigenvalue weighted by atomic mass is 10.1. The van der Waals surface area contributed by atoms with Gasteiger partial charge in [-0.25, -0.2) is 0 Å². The van der Waals surface area contributed by atoms with Crippen molar-refractivity contribution in [2.24, 2.45) is 0 Å². The lowest BCUT2D eigenvalue weighted by molar-refractivity contribution is 0.705. The van der Waals surface area contributed by atoms with Crippen LogP contribution < -0.4 is 11.1 Å². The Kier molecular flexibility index (Phi) is 4.45. The molecule has 0 saturated carbocycles. The van der Waals surface area contributed by atoms with Gasteiger partial charge in [0.05, 0.1) is 0 Å². The Balaban J connectivity index is 1.91. The molecule has 0 aromatic heterocycles. The number of benzene rings is 2. The molecule has 2 heteroatoms. The van der Waals surface area contributed by atoms with Crippen LogP contribution in [0, 0.1) is 6.92 Å². The fraction of sp³-hybridized carbons (Fsp3) is 0.294. The van der Waals surface area contributed by atoms with E-state index in [1.807, 2.05) is 12.1 Å². The molecule has 19 heavy (non-hydrogen) atoms. The van der Waals surface area contributed by atoms with E-state index < -0.39 is 0 Å². The molecule has 0 bridgehead atoms. The lowest BCUT2D eigenvalue weighted by Gasteiger charge is -2.18. The summed E-state index contributed by atoms with van der Waals surface area (Å²) in [6, 6.07) is 17.1. The largest absolute Gasteiger partial charge is 0.398 e. The average Bonchev–Trinajstić information content (AvgIpc) is 2.43. The van der Waals surface area contributed by atoms with E-state index in [0.29, 0.717) is 6.04 Å². The van der Waals surface area contributed by atoms with Gasteiger partial charge in [0.25, 0.3) is 0 Å². The molecular formula is C17H22N2. The Morgan fingerprint density at radius 3 is 2.53 bits per heavy atom. The van der Waals surface area contributed by atoms with Gasteiger partial charge in [-0.3, -0.25) is 0 Å². The molecular weight excluding hydrogens is 232 g/mol. The smallest absolute Gasteiger partial charge is 0.0392 e. The molecule has 0 saturated heterocycles. The highest BCUT2D eigenvalue weighted by molar-refractivity contribution is 5.63. The summed E-state index contributed by atoms with van der Waals surface area (Å²) >= 11 is 0. The molecule has 2 nitrogen and oxygen atoms in total. The van der Waals surface area contributed by atoms with Crippen molar-refractivity contribution in [2.45, 2.75) is 32.7 Å². The number of rotatable bonds is 5. The number of nitrogens with two attached hydrogens (primary N) is 1. The van der Waals surface area contributed by atoms with E-state index in [-0.39, 0.29) is 0 Å². The Labute approximate surface area is 115 Å². The predicted octanol–water partition coefficient (Wildman–Crippen LogP) is 4.01. The van der Waals surface area contributed by atoms with E-state index in [1.54, 1.807) is 0 Å². The van der Waals surface area contributed by atoms with Gasteiger partial charge in [-0.15, -0.1) is 0 Å². The van der Waals surface area contributed by atoms with Gasteiger partial charge in [0, 0.05) is 17.4 Å². The second-order valence-corrected chi connectivity index (χ2v) is 5.09. The second kappa shape index (κ2) is 6.28. The third-order valence-corrected chi connectivity index (χ3v) is 3.49. The molecule has 3 N–H and O–H groups in total. The van der Waals surface area contributed by atoms with Crippen molar-refractivity contribution in [3.63, 3.8) is 0 Å². The zero-order valence-electron chi connectivity index (χ0n) is 11.7. The van der Waals surface area contributed by atoms with E-state index >= 15 is 0 Å². The SMILES string of the molecule is Cc1c(N)cccc1NC(C)CCc1ccccc1. The predicted molar refractivity (Wildman–Crippen MR) is 83.4 cm³/mol. The van der Waals surface area contributed by atoms with Crippen LogP contribution in [0.1, 0.15) is 24.5 Å². The highest BCUT2D eigenvalue weighted by atomic mass is 14.9. The highest BCUT2D eigenvalue weighted by Gasteiger charge is 2.06. The molecule has 2 aromatic rings. The van der Waals surface area contributed by atoms with Crippen LogP contribution >= 0.6 is 0 Å². The van der Waals surface area contributed by atoms with Gasteiger partial charge < -0.3 is 11.1 Å². The molecule has 0 heterocycles. The molecule has 2 rings (SSSR count). The van der Waals surface area contributed by atoms with Crippen molar-refractivity contribution in [3.8, 4) is 0 Å². The second-order valence-electron chi connectivity index (χ2n) is 5.09. The number of hydrogen-bond acceptors (Lipinski definition) is 2. The third-order valence-electron chi connectivity index (χ3n) is 3.49. The van der Waals surface area contributed by atoms with Crippen LogP contribution in [0.2, 0.25) is 0 Å². The zero-order chi connectivity index (χ0) is 13.7. The summed E-state index contributed by atoms with van der Waals surface area (Å²) in [5, 5.41) is 3.54. The molecule has 2 aromatic carbocycles. The minimum atomic E-state index is 0.431. The summed E-state index contributed by atoms with van der Waals surface area (Å²) < 4.78 is 0. The molecule has 0 fully saturated rings. The first-order chi connectivity index (χ1) is 9.16. The van der Waals surface area contributed by atoms with Gasteiger partial charge in [0.15, 0.2) is 0 Å². The van der Waals surface area contributed by atoms with E-state index in [9.17, 15) is 0 Å². The van der Waals surface area contributed by atoms with Gasteiger partial charge >= 0.3 is 0 Å². The molecule has 0 radical (unpaired) electrons. The van der Waals surface area contributed by atoms with Crippen LogP contribution in [0.25, 0.3) is 0 Å². The van der Waals surface area contributed by atoms with Gasteiger partial charge in [-0.2, -0.15) is 0 Å². The number of anilines is 2. The Bertz CT molecular complexity index is 520. The molecule has 0 spiro atoms. The maximum atomic E-state index is 5.92. The number of hydrogen-bond donors (Lipinski definition) is 2. The summed E-state index contributed by atoms with van der Waals surface area (Å²) in [6.07, 6.45) is 2.20. The first kappa shape index (κ1) is 13.5. The van der Waals surface area contributed by atoms with Crippen LogP contribution in [0.15, 0.2) is 48.5 Å². The lowest BCUT2D eigenvalue weighted by Crippen LogP contribution is -2.17. The van der Waals surface area contributed by atoms with Crippen LogP contribution in [-0.4, -0.2) is 6.04 Å². The Hall–Kier alpha value is -1.96. The molecule has 100 valence electrons. The summed E-state index contributed by atoms with van der Waals surface area (Å²) in [5.41, 5.74) is 10.4. The fourth-order valence-corrected chi connectivity index (χ4v) is 2.18. The molecule has 1 atom stereocenters. The maximum absolute atomic E-state index is 5.92. The van der Waals surface area contributed by atoms with Crippen molar-refractivity contribution < 1.29 is 0 Å². The van der Waals surface area contributed by atoms with Crippen molar-refractivity contribution in [3.05, 3.63) is 59.7 Å². The van der Waals surface area contributed by atoms with E-state index in [2.05, 4.69) is 55.6 Å². The van der Waals surface area contributed by atoms with Gasteiger partial charge in [-0.05, 0) is 49.9 Å². The highest BCUT2D eigenvalue weighted by Crippen LogP contribution is 2.21. The minimum absolute atomic E-state index is 0.431. The minimum Gasteiger partial charge on any atom is -0.398 e.